The molecule has 2 N–H and O–H groups in total. The summed E-state index contributed by atoms with van der Waals surface area (Å²) < 4.78 is 1.48. The zero-order valence-corrected chi connectivity index (χ0v) is 9.20. The average molecular weight is 228 g/mol. The first kappa shape index (κ1) is 10.5. The highest BCUT2D eigenvalue weighted by molar-refractivity contribution is 6.32. The second-order valence-corrected chi connectivity index (χ2v) is 4.33. The van der Waals surface area contributed by atoms with Crippen molar-refractivity contribution in [3.63, 3.8) is 0 Å². The largest absolute Gasteiger partial charge is 0.396 e. The molecule has 5 heteroatoms. The van der Waals surface area contributed by atoms with Gasteiger partial charge in [0, 0.05) is 0 Å². The topological polar surface area (TPSA) is 60.9 Å². The van der Waals surface area contributed by atoms with E-state index in [-0.39, 0.29) is 22.3 Å². The Labute approximate surface area is 93.0 Å². The smallest absolute Gasteiger partial charge is 0.287 e. The summed E-state index contributed by atoms with van der Waals surface area (Å²) in [5.74, 6) is 0. The van der Waals surface area contributed by atoms with Gasteiger partial charge in [-0.2, -0.15) is 5.10 Å². The zero-order chi connectivity index (χ0) is 10.8. The van der Waals surface area contributed by atoms with E-state index in [0.717, 1.165) is 25.7 Å². The van der Waals surface area contributed by atoms with Gasteiger partial charge in [-0.25, -0.2) is 4.68 Å². The van der Waals surface area contributed by atoms with Crippen LogP contribution in [0.1, 0.15) is 38.1 Å². The van der Waals surface area contributed by atoms with E-state index in [9.17, 15) is 4.79 Å². The Morgan fingerprint density at radius 2 is 2.07 bits per heavy atom. The Morgan fingerprint density at radius 1 is 1.40 bits per heavy atom. The molecule has 0 atom stereocenters. The van der Waals surface area contributed by atoms with Gasteiger partial charge < -0.3 is 5.73 Å². The van der Waals surface area contributed by atoms with Crippen molar-refractivity contribution in [2.75, 3.05) is 5.73 Å². The molecule has 82 valence electrons. The molecule has 1 aliphatic carbocycles. The molecule has 0 unspecified atom stereocenters. The van der Waals surface area contributed by atoms with E-state index < -0.39 is 0 Å². The van der Waals surface area contributed by atoms with Crippen LogP contribution < -0.4 is 11.3 Å². The standard InChI is InChI=1S/C10H14ClN3O/c11-9-8(12)6-13-14(10(9)15)7-4-2-1-3-5-7/h6-7H,1-5,12H2. The van der Waals surface area contributed by atoms with E-state index in [2.05, 4.69) is 5.10 Å². The molecular formula is C10H14ClN3O. The summed E-state index contributed by atoms with van der Waals surface area (Å²) in [6.07, 6.45) is 7.02. The lowest BCUT2D eigenvalue weighted by Crippen LogP contribution is -2.29. The average Bonchev–Trinajstić information content (AvgIpc) is 2.27. The number of rotatable bonds is 1. The number of nitrogens with zero attached hydrogens (tertiary/aromatic N) is 2. The molecule has 0 spiro atoms. The van der Waals surface area contributed by atoms with Gasteiger partial charge in [0.25, 0.3) is 5.56 Å². The van der Waals surface area contributed by atoms with Gasteiger partial charge in [0.05, 0.1) is 17.9 Å². The van der Waals surface area contributed by atoms with Crippen molar-refractivity contribution >= 4 is 17.3 Å². The lowest BCUT2D eigenvalue weighted by atomic mass is 9.96. The number of nitrogens with two attached hydrogens (primary N) is 1. The SMILES string of the molecule is Nc1cnn(C2CCCCC2)c(=O)c1Cl. The highest BCUT2D eigenvalue weighted by Crippen LogP contribution is 2.26. The number of halogens is 1. The van der Waals surface area contributed by atoms with Crippen LogP contribution in [0.5, 0.6) is 0 Å². The Kier molecular flexibility index (Phi) is 2.95. The van der Waals surface area contributed by atoms with Crippen LogP contribution in [0.15, 0.2) is 11.0 Å². The van der Waals surface area contributed by atoms with Crippen molar-refractivity contribution in [2.45, 2.75) is 38.1 Å². The third-order valence-electron chi connectivity index (χ3n) is 2.89. The molecule has 1 fully saturated rings. The van der Waals surface area contributed by atoms with Crippen molar-refractivity contribution in [2.24, 2.45) is 0 Å². The van der Waals surface area contributed by atoms with E-state index in [1.165, 1.54) is 17.3 Å². The molecule has 0 aliphatic heterocycles. The van der Waals surface area contributed by atoms with Gasteiger partial charge in [0.15, 0.2) is 0 Å². The molecule has 0 saturated heterocycles. The van der Waals surface area contributed by atoms with Gasteiger partial charge in [-0.15, -0.1) is 0 Å². The molecule has 2 rings (SSSR count). The molecule has 0 bridgehead atoms. The van der Waals surface area contributed by atoms with Crippen LogP contribution in [0.2, 0.25) is 5.02 Å². The van der Waals surface area contributed by atoms with Crippen LogP contribution in [0, 0.1) is 0 Å². The van der Waals surface area contributed by atoms with E-state index >= 15 is 0 Å². The van der Waals surface area contributed by atoms with Gasteiger partial charge in [-0.1, -0.05) is 30.9 Å². The predicted octanol–water partition coefficient (Wildman–Crippen LogP) is 1.98. The van der Waals surface area contributed by atoms with Gasteiger partial charge >= 0.3 is 0 Å². The van der Waals surface area contributed by atoms with Crippen LogP contribution in [-0.2, 0) is 0 Å². The van der Waals surface area contributed by atoms with Crippen LogP contribution in [0.4, 0.5) is 5.69 Å². The second-order valence-electron chi connectivity index (χ2n) is 3.96. The minimum Gasteiger partial charge on any atom is -0.396 e. The molecule has 0 amide bonds. The molecule has 1 aliphatic rings. The van der Waals surface area contributed by atoms with Crippen molar-refractivity contribution in [1.29, 1.82) is 0 Å². The third-order valence-corrected chi connectivity index (χ3v) is 3.27. The van der Waals surface area contributed by atoms with Crippen molar-refractivity contribution in [1.82, 2.24) is 9.78 Å². The minimum atomic E-state index is -0.261. The Balaban J connectivity index is 2.35. The van der Waals surface area contributed by atoms with E-state index in [0.29, 0.717) is 0 Å². The summed E-state index contributed by atoms with van der Waals surface area (Å²) in [6.45, 7) is 0. The van der Waals surface area contributed by atoms with Crippen LogP contribution in [0.3, 0.4) is 0 Å². The minimum absolute atomic E-state index is 0.0931. The first-order chi connectivity index (χ1) is 7.20. The summed E-state index contributed by atoms with van der Waals surface area (Å²) in [4.78, 5) is 11.8. The van der Waals surface area contributed by atoms with E-state index in [1.807, 2.05) is 0 Å². The van der Waals surface area contributed by atoms with Crippen LogP contribution >= 0.6 is 11.6 Å². The molecule has 0 radical (unpaired) electrons. The lowest BCUT2D eigenvalue weighted by Gasteiger charge is -2.22. The highest BCUT2D eigenvalue weighted by Gasteiger charge is 2.18. The number of aromatic nitrogens is 2. The first-order valence-corrected chi connectivity index (χ1v) is 5.60. The summed E-state index contributed by atoms with van der Waals surface area (Å²) in [6, 6.07) is 0.198. The molecule has 4 nitrogen and oxygen atoms in total. The Bertz CT molecular complexity index is 410. The monoisotopic (exact) mass is 227 g/mol. The molecule has 15 heavy (non-hydrogen) atoms. The zero-order valence-electron chi connectivity index (χ0n) is 8.45. The van der Waals surface area contributed by atoms with Gasteiger partial charge in [0.2, 0.25) is 0 Å². The number of nitrogen functional groups attached to an aromatic ring is 1. The fourth-order valence-electron chi connectivity index (χ4n) is 2.04. The van der Waals surface area contributed by atoms with Crippen molar-refractivity contribution in [3.8, 4) is 0 Å². The predicted molar refractivity (Wildman–Crippen MR) is 60.0 cm³/mol. The molecule has 1 aromatic heterocycles. The molecular weight excluding hydrogens is 214 g/mol. The number of hydrogen-bond donors (Lipinski definition) is 1. The fourth-order valence-corrected chi connectivity index (χ4v) is 2.18. The van der Waals surface area contributed by atoms with E-state index in [4.69, 9.17) is 17.3 Å². The molecule has 1 heterocycles. The normalized spacial score (nSPS) is 17.9. The lowest BCUT2D eigenvalue weighted by molar-refractivity contribution is 0.318. The summed E-state index contributed by atoms with van der Waals surface area (Å²) in [5.41, 5.74) is 5.51. The molecule has 1 aromatic rings. The van der Waals surface area contributed by atoms with Crippen LogP contribution in [-0.4, -0.2) is 9.78 Å². The quantitative estimate of drug-likeness (QED) is 0.798. The first-order valence-electron chi connectivity index (χ1n) is 5.23. The summed E-state index contributed by atoms with van der Waals surface area (Å²) in [5, 5.41) is 4.15. The third kappa shape index (κ3) is 2.00. The van der Waals surface area contributed by atoms with Gasteiger partial charge in [-0.05, 0) is 12.8 Å². The van der Waals surface area contributed by atoms with Gasteiger partial charge in [0.1, 0.15) is 5.02 Å². The Morgan fingerprint density at radius 3 is 2.73 bits per heavy atom. The second kappa shape index (κ2) is 4.23. The summed E-state index contributed by atoms with van der Waals surface area (Å²) in [7, 11) is 0. The number of hydrogen-bond acceptors (Lipinski definition) is 3. The maximum atomic E-state index is 11.8. The maximum absolute atomic E-state index is 11.8. The maximum Gasteiger partial charge on any atom is 0.287 e. The molecule has 1 saturated carbocycles. The highest BCUT2D eigenvalue weighted by atomic mass is 35.5. The van der Waals surface area contributed by atoms with E-state index in [1.54, 1.807) is 0 Å². The molecule has 0 aromatic carbocycles. The number of anilines is 1. The van der Waals surface area contributed by atoms with Crippen molar-refractivity contribution in [3.05, 3.63) is 21.6 Å². The fraction of sp³-hybridized carbons (Fsp3) is 0.600. The van der Waals surface area contributed by atoms with Crippen molar-refractivity contribution < 1.29 is 0 Å². The summed E-state index contributed by atoms with van der Waals surface area (Å²) >= 11 is 5.80. The van der Waals surface area contributed by atoms with Gasteiger partial charge in [-0.3, -0.25) is 4.79 Å². The van der Waals surface area contributed by atoms with Crippen LogP contribution in [0.25, 0.3) is 0 Å². The Hall–Kier alpha value is -1.03.